The minimum atomic E-state index is -1.59. The highest BCUT2D eigenvalue weighted by atomic mass is 16.7. The number of carbonyl (C=O) groups is 2. The van der Waals surface area contributed by atoms with E-state index in [0.717, 1.165) is 38.5 Å². The van der Waals surface area contributed by atoms with E-state index in [9.17, 15) is 30.0 Å². The van der Waals surface area contributed by atoms with E-state index in [2.05, 4.69) is 19.1 Å². The number of rotatable bonds is 29. The molecule has 0 bridgehead atoms. The molecule has 1 fully saturated rings. The monoisotopic (exact) mass is 658 g/mol. The molecule has 270 valence electrons. The van der Waals surface area contributed by atoms with Gasteiger partial charge in [0, 0.05) is 12.8 Å². The maximum absolute atomic E-state index is 12.6. The number of unbranched alkanes of at least 4 members (excludes halogenated alkanes) is 16. The Morgan fingerprint density at radius 1 is 0.652 bits per heavy atom. The van der Waals surface area contributed by atoms with Gasteiger partial charge in [0.05, 0.1) is 13.2 Å². The number of esters is 2. The van der Waals surface area contributed by atoms with Crippen LogP contribution in [-0.4, -0.2) is 89.0 Å². The molecule has 4 N–H and O–H groups in total. The van der Waals surface area contributed by atoms with Crippen molar-refractivity contribution in [2.45, 2.75) is 185 Å². The predicted molar refractivity (Wildman–Crippen MR) is 178 cm³/mol. The highest BCUT2D eigenvalue weighted by molar-refractivity contribution is 5.70. The average Bonchev–Trinajstić information content (AvgIpc) is 3.05. The zero-order valence-corrected chi connectivity index (χ0v) is 28.8. The van der Waals surface area contributed by atoms with E-state index in [1.54, 1.807) is 0 Å². The lowest BCUT2D eigenvalue weighted by molar-refractivity contribution is -0.305. The summed E-state index contributed by atoms with van der Waals surface area (Å²) >= 11 is 0. The Morgan fingerprint density at radius 3 is 1.74 bits per heavy atom. The van der Waals surface area contributed by atoms with Gasteiger partial charge in [0.2, 0.25) is 0 Å². The number of aliphatic hydroxyl groups excluding tert-OH is 4. The van der Waals surface area contributed by atoms with Gasteiger partial charge in [-0.15, -0.1) is 0 Å². The van der Waals surface area contributed by atoms with Crippen LogP contribution in [0.3, 0.4) is 0 Å². The molecule has 0 saturated carbocycles. The maximum Gasteiger partial charge on any atom is 0.306 e. The summed E-state index contributed by atoms with van der Waals surface area (Å²) in [5.41, 5.74) is 0. The lowest BCUT2D eigenvalue weighted by Crippen LogP contribution is -2.59. The van der Waals surface area contributed by atoms with E-state index in [0.29, 0.717) is 12.8 Å². The van der Waals surface area contributed by atoms with Crippen molar-refractivity contribution in [2.24, 2.45) is 0 Å². The van der Waals surface area contributed by atoms with Crippen molar-refractivity contribution in [3.8, 4) is 0 Å². The van der Waals surface area contributed by atoms with Crippen LogP contribution in [0.2, 0.25) is 0 Å². The van der Waals surface area contributed by atoms with Crippen LogP contribution in [0.1, 0.15) is 149 Å². The highest BCUT2D eigenvalue weighted by Crippen LogP contribution is 2.22. The standard InChI is InChI=1S/C36H66O10/c1-3-5-7-8-9-10-11-12-13-14-15-16-17-18-19-20-21-23-25-32(39)45-29(27-43-31(38)24-22-6-4-2)28-44-36-35(42)34(41)33(40)30(26-37)46-36/h13-14,29-30,33-37,40-42H,3-12,15-28H2,1-2H3/b14-13-. The third-order valence-electron chi connectivity index (χ3n) is 8.40. The number of aliphatic hydroxyl groups is 4. The molecule has 6 atom stereocenters. The van der Waals surface area contributed by atoms with Gasteiger partial charge in [-0.2, -0.15) is 0 Å². The molecule has 0 aromatic carbocycles. The highest BCUT2D eigenvalue weighted by Gasteiger charge is 2.44. The average molecular weight is 659 g/mol. The second-order valence-electron chi connectivity index (χ2n) is 12.7. The molecule has 46 heavy (non-hydrogen) atoms. The van der Waals surface area contributed by atoms with Gasteiger partial charge in [0.15, 0.2) is 12.4 Å². The summed E-state index contributed by atoms with van der Waals surface area (Å²) in [6.07, 6.45) is 18.9. The lowest BCUT2D eigenvalue weighted by atomic mass is 9.99. The zero-order chi connectivity index (χ0) is 33.8. The third kappa shape index (κ3) is 20.6. The first-order valence-electron chi connectivity index (χ1n) is 18.3. The first-order chi connectivity index (χ1) is 22.3. The van der Waals surface area contributed by atoms with E-state index in [4.69, 9.17) is 18.9 Å². The van der Waals surface area contributed by atoms with Crippen LogP contribution in [0.25, 0.3) is 0 Å². The van der Waals surface area contributed by atoms with Gasteiger partial charge >= 0.3 is 11.9 Å². The fourth-order valence-electron chi connectivity index (χ4n) is 5.42. The second-order valence-corrected chi connectivity index (χ2v) is 12.7. The summed E-state index contributed by atoms with van der Waals surface area (Å²) in [6, 6.07) is 0. The Labute approximate surface area is 278 Å². The van der Waals surface area contributed by atoms with E-state index in [1.165, 1.54) is 70.6 Å². The van der Waals surface area contributed by atoms with Gasteiger partial charge in [-0.25, -0.2) is 0 Å². The fraction of sp³-hybridized carbons (Fsp3) is 0.889. The Hall–Kier alpha value is -1.56. The Kier molecular flexibility index (Phi) is 26.3. The molecular formula is C36H66O10. The minimum Gasteiger partial charge on any atom is -0.462 e. The SMILES string of the molecule is CCCCCCCCC/C=C\CCCCCCCCCC(=O)OC(COC(=O)CCCCC)COC1OC(CO)C(O)C(O)C1O. The number of hydrogen-bond donors (Lipinski definition) is 4. The number of allylic oxidation sites excluding steroid dienone is 2. The molecule has 1 aliphatic rings. The smallest absolute Gasteiger partial charge is 0.306 e. The van der Waals surface area contributed by atoms with Crippen LogP contribution < -0.4 is 0 Å². The fourth-order valence-corrected chi connectivity index (χ4v) is 5.42. The van der Waals surface area contributed by atoms with Crippen LogP contribution in [0, 0.1) is 0 Å². The molecule has 0 aromatic rings. The summed E-state index contributed by atoms with van der Waals surface area (Å²) in [5, 5.41) is 39.6. The van der Waals surface area contributed by atoms with E-state index in [1.807, 2.05) is 6.92 Å². The van der Waals surface area contributed by atoms with Crippen molar-refractivity contribution in [2.75, 3.05) is 19.8 Å². The Balaban J connectivity index is 2.27. The summed E-state index contributed by atoms with van der Waals surface area (Å²) in [5.74, 6) is -0.838. The van der Waals surface area contributed by atoms with Gasteiger partial charge in [-0.3, -0.25) is 9.59 Å². The quantitative estimate of drug-likeness (QED) is 0.0425. The largest absolute Gasteiger partial charge is 0.462 e. The molecule has 1 rings (SSSR count). The maximum atomic E-state index is 12.6. The van der Waals surface area contributed by atoms with Gasteiger partial charge in [-0.1, -0.05) is 109 Å². The van der Waals surface area contributed by atoms with Crippen molar-refractivity contribution in [3.63, 3.8) is 0 Å². The summed E-state index contributed by atoms with van der Waals surface area (Å²) < 4.78 is 21.8. The molecule has 6 unspecified atom stereocenters. The molecule has 0 aliphatic carbocycles. The van der Waals surface area contributed by atoms with Crippen molar-refractivity contribution in [1.82, 2.24) is 0 Å². The third-order valence-corrected chi connectivity index (χ3v) is 8.40. The Morgan fingerprint density at radius 2 is 1.15 bits per heavy atom. The molecule has 1 aliphatic heterocycles. The molecule has 10 nitrogen and oxygen atoms in total. The van der Waals surface area contributed by atoms with Crippen LogP contribution in [0.4, 0.5) is 0 Å². The van der Waals surface area contributed by atoms with Gasteiger partial charge in [0.1, 0.15) is 31.0 Å². The molecule has 0 radical (unpaired) electrons. The Bertz CT molecular complexity index is 774. The minimum absolute atomic E-state index is 0.220. The molecule has 0 aromatic heterocycles. The normalized spacial score (nSPS) is 22.3. The van der Waals surface area contributed by atoms with E-state index in [-0.39, 0.29) is 26.1 Å². The van der Waals surface area contributed by atoms with Crippen molar-refractivity contribution < 1.29 is 49.0 Å². The number of ether oxygens (including phenoxy) is 4. The van der Waals surface area contributed by atoms with Crippen LogP contribution >= 0.6 is 0 Å². The zero-order valence-electron chi connectivity index (χ0n) is 28.8. The summed E-state index contributed by atoms with van der Waals surface area (Å²) in [4.78, 5) is 24.7. The molecule has 10 heteroatoms. The second kappa shape index (κ2) is 28.5. The van der Waals surface area contributed by atoms with Crippen molar-refractivity contribution in [3.05, 3.63) is 12.2 Å². The molecule has 0 spiro atoms. The number of carbonyl (C=O) groups excluding carboxylic acids is 2. The molecule has 1 heterocycles. The number of hydrogen-bond acceptors (Lipinski definition) is 10. The first kappa shape index (κ1) is 42.5. The van der Waals surface area contributed by atoms with E-state index < -0.39 is 55.4 Å². The van der Waals surface area contributed by atoms with Gasteiger partial charge in [0.25, 0.3) is 0 Å². The van der Waals surface area contributed by atoms with Crippen LogP contribution in [0.5, 0.6) is 0 Å². The lowest BCUT2D eigenvalue weighted by Gasteiger charge is -2.39. The molecule has 0 amide bonds. The first-order valence-corrected chi connectivity index (χ1v) is 18.3. The predicted octanol–water partition coefficient (Wildman–Crippen LogP) is 6.05. The van der Waals surface area contributed by atoms with Crippen molar-refractivity contribution in [1.29, 1.82) is 0 Å². The molecular weight excluding hydrogens is 592 g/mol. The van der Waals surface area contributed by atoms with Crippen LogP contribution in [-0.2, 0) is 28.5 Å². The van der Waals surface area contributed by atoms with Crippen molar-refractivity contribution >= 4 is 11.9 Å². The van der Waals surface area contributed by atoms with E-state index >= 15 is 0 Å². The topological polar surface area (TPSA) is 152 Å². The summed E-state index contributed by atoms with van der Waals surface area (Å²) in [7, 11) is 0. The van der Waals surface area contributed by atoms with Crippen LogP contribution in [0.15, 0.2) is 12.2 Å². The van der Waals surface area contributed by atoms with Gasteiger partial charge < -0.3 is 39.4 Å². The van der Waals surface area contributed by atoms with Gasteiger partial charge in [-0.05, 0) is 38.5 Å². The molecule has 1 saturated heterocycles. The summed E-state index contributed by atoms with van der Waals surface area (Å²) in [6.45, 7) is 3.21.